The zero-order valence-electron chi connectivity index (χ0n) is 12.4. The SMILES string of the molecule is COc1cccc(C(=O)C(C)(C)N2CCCCC2)c1F. The van der Waals surface area contributed by atoms with Gasteiger partial charge in [-0.2, -0.15) is 0 Å². The molecule has 0 saturated carbocycles. The molecule has 2 rings (SSSR count). The Morgan fingerprint density at radius 3 is 2.50 bits per heavy atom. The highest BCUT2D eigenvalue weighted by molar-refractivity contribution is 6.03. The van der Waals surface area contributed by atoms with Gasteiger partial charge in [-0.15, -0.1) is 0 Å². The van der Waals surface area contributed by atoms with Gasteiger partial charge in [0.25, 0.3) is 0 Å². The Balaban J connectivity index is 2.30. The lowest BCUT2D eigenvalue weighted by atomic mass is 9.89. The summed E-state index contributed by atoms with van der Waals surface area (Å²) in [6.07, 6.45) is 3.39. The fourth-order valence-electron chi connectivity index (χ4n) is 2.77. The van der Waals surface area contributed by atoms with Crippen LogP contribution in [0.5, 0.6) is 5.75 Å². The molecule has 1 fully saturated rings. The Morgan fingerprint density at radius 2 is 1.90 bits per heavy atom. The molecule has 0 amide bonds. The van der Waals surface area contributed by atoms with E-state index in [9.17, 15) is 9.18 Å². The van der Waals surface area contributed by atoms with E-state index in [2.05, 4.69) is 4.90 Å². The second kappa shape index (κ2) is 5.92. The molecule has 0 N–H and O–H groups in total. The van der Waals surface area contributed by atoms with Crippen LogP contribution in [0.3, 0.4) is 0 Å². The molecule has 20 heavy (non-hydrogen) atoms. The van der Waals surface area contributed by atoms with Gasteiger partial charge in [-0.3, -0.25) is 9.69 Å². The minimum atomic E-state index is -0.687. The topological polar surface area (TPSA) is 29.5 Å². The zero-order chi connectivity index (χ0) is 14.8. The smallest absolute Gasteiger partial charge is 0.185 e. The first-order valence-electron chi connectivity index (χ1n) is 7.11. The van der Waals surface area contributed by atoms with Gasteiger partial charge in [0.1, 0.15) is 0 Å². The number of piperidine rings is 1. The summed E-state index contributed by atoms with van der Waals surface area (Å²) in [5, 5.41) is 0. The summed E-state index contributed by atoms with van der Waals surface area (Å²) in [7, 11) is 1.41. The van der Waals surface area contributed by atoms with Gasteiger partial charge in [0, 0.05) is 0 Å². The Bertz CT molecular complexity index is 493. The summed E-state index contributed by atoms with van der Waals surface area (Å²) in [6, 6.07) is 4.72. The van der Waals surface area contributed by atoms with Gasteiger partial charge in [-0.05, 0) is 51.9 Å². The first-order chi connectivity index (χ1) is 9.48. The number of carbonyl (C=O) groups is 1. The van der Waals surface area contributed by atoms with Gasteiger partial charge in [0.05, 0.1) is 18.2 Å². The third-order valence-electron chi connectivity index (χ3n) is 4.13. The molecule has 3 nitrogen and oxygen atoms in total. The number of Topliss-reactive ketones (excluding diaryl/α,β-unsaturated/α-hetero) is 1. The van der Waals surface area contributed by atoms with Crippen molar-refractivity contribution in [1.29, 1.82) is 0 Å². The van der Waals surface area contributed by atoms with Crippen molar-refractivity contribution in [3.8, 4) is 5.75 Å². The van der Waals surface area contributed by atoms with Crippen LogP contribution in [0.1, 0.15) is 43.5 Å². The van der Waals surface area contributed by atoms with Crippen molar-refractivity contribution in [3.05, 3.63) is 29.6 Å². The van der Waals surface area contributed by atoms with Crippen LogP contribution in [-0.2, 0) is 0 Å². The fraction of sp³-hybridized carbons (Fsp3) is 0.562. The molecule has 0 aromatic heterocycles. The number of likely N-dealkylation sites (tertiary alicyclic amines) is 1. The van der Waals surface area contributed by atoms with E-state index in [4.69, 9.17) is 4.74 Å². The number of hydrogen-bond donors (Lipinski definition) is 0. The van der Waals surface area contributed by atoms with Gasteiger partial charge in [0.15, 0.2) is 17.3 Å². The lowest BCUT2D eigenvalue weighted by molar-refractivity contribution is 0.0574. The first-order valence-corrected chi connectivity index (χ1v) is 7.11. The van der Waals surface area contributed by atoms with Crippen LogP contribution in [0.2, 0.25) is 0 Å². The molecular weight excluding hydrogens is 257 g/mol. The lowest BCUT2D eigenvalue weighted by Crippen LogP contribution is -2.52. The maximum Gasteiger partial charge on any atom is 0.185 e. The van der Waals surface area contributed by atoms with E-state index in [1.54, 1.807) is 6.07 Å². The highest BCUT2D eigenvalue weighted by atomic mass is 19.1. The third kappa shape index (κ3) is 2.70. The van der Waals surface area contributed by atoms with Gasteiger partial charge in [0.2, 0.25) is 0 Å². The number of nitrogens with zero attached hydrogens (tertiary/aromatic N) is 1. The van der Waals surface area contributed by atoms with Crippen molar-refractivity contribution in [1.82, 2.24) is 4.90 Å². The van der Waals surface area contributed by atoms with Crippen molar-refractivity contribution < 1.29 is 13.9 Å². The van der Waals surface area contributed by atoms with Crippen LogP contribution >= 0.6 is 0 Å². The van der Waals surface area contributed by atoms with E-state index >= 15 is 0 Å². The predicted molar refractivity (Wildman–Crippen MR) is 76.8 cm³/mol. The largest absolute Gasteiger partial charge is 0.494 e. The molecule has 4 heteroatoms. The standard InChI is InChI=1S/C16H22FNO2/c1-16(2,18-10-5-4-6-11-18)15(19)12-8-7-9-13(20-3)14(12)17/h7-9H,4-6,10-11H2,1-3H3. The summed E-state index contributed by atoms with van der Waals surface area (Å²) >= 11 is 0. The van der Waals surface area contributed by atoms with E-state index in [-0.39, 0.29) is 17.1 Å². The highest BCUT2D eigenvalue weighted by Gasteiger charge is 2.37. The van der Waals surface area contributed by atoms with Crippen LogP contribution in [0, 0.1) is 5.82 Å². The summed E-state index contributed by atoms with van der Waals surface area (Å²) in [5.41, 5.74) is -0.576. The number of rotatable bonds is 4. The Hall–Kier alpha value is -1.42. The first kappa shape index (κ1) is 15.0. The average Bonchev–Trinajstić information content (AvgIpc) is 2.47. The molecule has 1 saturated heterocycles. The van der Waals surface area contributed by atoms with Gasteiger partial charge in [-0.25, -0.2) is 4.39 Å². The fourth-order valence-corrected chi connectivity index (χ4v) is 2.77. The molecule has 1 aliphatic rings. The number of ketones is 1. The maximum absolute atomic E-state index is 14.3. The number of carbonyl (C=O) groups excluding carboxylic acids is 1. The van der Waals surface area contributed by atoms with Crippen molar-refractivity contribution in [2.24, 2.45) is 0 Å². The molecule has 1 aliphatic heterocycles. The monoisotopic (exact) mass is 279 g/mol. The molecule has 110 valence electrons. The summed E-state index contributed by atoms with van der Waals surface area (Å²) < 4.78 is 19.2. The normalized spacial score (nSPS) is 17.0. The summed E-state index contributed by atoms with van der Waals surface area (Å²) in [6.45, 7) is 5.54. The van der Waals surface area contributed by atoms with E-state index < -0.39 is 11.4 Å². The molecular formula is C16H22FNO2. The van der Waals surface area contributed by atoms with Crippen LogP contribution < -0.4 is 4.74 Å². The Kier molecular flexibility index (Phi) is 4.43. The maximum atomic E-state index is 14.3. The second-order valence-corrected chi connectivity index (χ2v) is 5.76. The predicted octanol–water partition coefficient (Wildman–Crippen LogP) is 3.28. The minimum absolute atomic E-state index is 0.111. The van der Waals surface area contributed by atoms with Crippen LogP contribution in [-0.4, -0.2) is 36.4 Å². The molecule has 0 bridgehead atoms. The van der Waals surface area contributed by atoms with E-state index in [0.717, 1.165) is 25.9 Å². The lowest BCUT2D eigenvalue weighted by Gasteiger charge is -2.39. The molecule has 0 spiro atoms. The molecule has 1 aromatic carbocycles. The number of methoxy groups -OCH3 is 1. The van der Waals surface area contributed by atoms with E-state index in [0.29, 0.717) is 0 Å². The highest BCUT2D eigenvalue weighted by Crippen LogP contribution is 2.28. The summed E-state index contributed by atoms with van der Waals surface area (Å²) in [5.74, 6) is -0.633. The van der Waals surface area contributed by atoms with Crippen LogP contribution in [0.4, 0.5) is 4.39 Å². The number of halogens is 1. The van der Waals surface area contributed by atoms with E-state index in [1.165, 1.54) is 25.7 Å². The molecule has 0 unspecified atom stereocenters. The van der Waals surface area contributed by atoms with Gasteiger partial charge >= 0.3 is 0 Å². The second-order valence-electron chi connectivity index (χ2n) is 5.76. The Labute approximate surface area is 119 Å². The number of ether oxygens (including phenoxy) is 1. The molecule has 0 aliphatic carbocycles. The van der Waals surface area contributed by atoms with E-state index in [1.807, 2.05) is 13.8 Å². The van der Waals surface area contributed by atoms with Crippen molar-refractivity contribution >= 4 is 5.78 Å². The van der Waals surface area contributed by atoms with Crippen LogP contribution in [0.25, 0.3) is 0 Å². The van der Waals surface area contributed by atoms with Gasteiger partial charge < -0.3 is 4.74 Å². The van der Waals surface area contributed by atoms with Crippen molar-refractivity contribution in [3.63, 3.8) is 0 Å². The Morgan fingerprint density at radius 1 is 1.25 bits per heavy atom. The molecule has 1 heterocycles. The zero-order valence-corrected chi connectivity index (χ0v) is 12.4. The molecule has 0 atom stereocenters. The summed E-state index contributed by atoms with van der Waals surface area (Å²) in [4.78, 5) is 14.9. The quantitative estimate of drug-likeness (QED) is 0.792. The van der Waals surface area contributed by atoms with Crippen LogP contribution in [0.15, 0.2) is 18.2 Å². The molecule has 0 radical (unpaired) electrons. The average molecular weight is 279 g/mol. The number of benzene rings is 1. The number of hydrogen-bond acceptors (Lipinski definition) is 3. The third-order valence-corrected chi connectivity index (χ3v) is 4.13. The van der Waals surface area contributed by atoms with Gasteiger partial charge in [-0.1, -0.05) is 12.5 Å². The minimum Gasteiger partial charge on any atom is -0.494 e. The van der Waals surface area contributed by atoms with Crippen molar-refractivity contribution in [2.45, 2.75) is 38.6 Å². The molecule has 1 aromatic rings. The van der Waals surface area contributed by atoms with Crippen molar-refractivity contribution in [2.75, 3.05) is 20.2 Å².